The van der Waals surface area contributed by atoms with Crippen LogP contribution in [0.25, 0.3) is 0 Å². The molecule has 0 fully saturated rings. The van der Waals surface area contributed by atoms with Crippen LogP contribution in [0, 0.1) is 11.8 Å². The van der Waals surface area contributed by atoms with Gasteiger partial charge in [-0.25, -0.2) is 9.97 Å². The Labute approximate surface area is 250 Å². The maximum Gasteiger partial charge on any atom is 0.303 e. The summed E-state index contributed by atoms with van der Waals surface area (Å²) >= 11 is 2.74. The van der Waals surface area contributed by atoms with Gasteiger partial charge in [0.25, 0.3) is 5.91 Å². The van der Waals surface area contributed by atoms with Crippen molar-refractivity contribution in [1.29, 1.82) is 0 Å². The number of rotatable bonds is 14. The summed E-state index contributed by atoms with van der Waals surface area (Å²) in [5.74, 6) is -0.317. The van der Waals surface area contributed by atoms with Gasteiger partial charge in [-0.05, 0) is 36.0 Å². The van der Waals surface area contributed by atoms with E-state index in [2.05, 4.69) is 29.1 Å². The number of aromatic nitrogens is 2. The number of hydrogen-bond donors (Lipinski definition) is 2. The molecule has 2 aromatic heterocycles. The van der Waals surface area contributed by atoms with Crippen molar-refractivity contribution in [3.8, 4) is 0 Å². The predicted molar refractivity (Wildman–Crippen MR) is 164 cm³/mol. The van der Waals surface area contributed by atoms with E-state index in [1.165, 1.54) is 29.6 Å². The minimum atomic E-state index is -0.685. The van der Waals surface area contributed by atoms with E-state index in [9.17, 15) is 14.4 Å². The summed E-state index contributed by atoms with van der Waals surface area (Å²) < 4.78 is 5.69. The van der Waals surface area contributed by atoms with Gasteiger partial charge in [0.1, 0.15) is 15.7 Å². The molecule has 0 aliphatic carbocycles. The molecule has 4 atom stereocenters. The van der Waals surface area contributed by atoms with Gasteiger partial charge >= 0.3 is 5.97 Å². The number of amides is 2. The first kappa shape index (κ1) is 32.2. The van der Waals surface area contributed by atoms with Gasteiger partial charge in [0.05, 0.1) is 6.04 Å². The highest BCUT2D eigenvalue weighted by Gasteiger charge is 2.31. The van der Waals surface area contributed by atoms with Gasteiger partial charge in [0, 0.05) is 55.5 Å². The second-order valence-electron chi connectivity index (χ2n) is 10.8. The van der Waals surface area contributed by atoms with Crippen molar-refractivity contribution in [1.82, 2.24) is 20.2 Å². The van der Waals surface area contributed by atoms with Crippen LogP contribution in [0.4, 0.5) is 5.69 Å². The lowest BCUT2D eigenvalue weighted by molar-refractivity contribution is -0.148. The van der Waals surface area contributed by atoms with Crippen LogP contribution in [0.2, 0.25) is 0 Å². The fraction of sp³-hybridized carbons (Fsp3) is 0.500. The van der Waals surface area contributed by atoms with Gasteiger partial charge in [0.2, 0.25) is 5.91 Å². The number of esters is 1. The van der Waals surface area contributed by atoms with Crippen LogP contribution >= 0.6 is 22.7 Å². The highest BCUT2D eigenvalue weighted by molar-refractivity contribution is 7.10. The summed E-state index contributed by atoms with van der Waals surface area (Å²) in [6.45, 7) is 9.58. The SMILES string of the molecule is CC[C@H](C)CC(=O)N(C)[C@H](C[C@@H](OC(C)=O)c1nc(C(=O)N[C@@H](Cc2ccc(N)cc2)c2nccs2)cs1)C(C)C. The fourth-order valence-electron chi connectivity index (χ4n) is 4.54. The van der Waals surface area contributed by atoms with Gasteiger partial charge in [-0.2, -0.15) is 0 Å². The Hall–Kier alpha value is -3.31. The molecule has 222 valence electrons. The smallest absolute Gasteiger partial charge is 0.303 e. The van der Waals surface area contributed by atoms with Crippen LogP contribution in [-0.2, 0) is 20.7 Å². The predicted octanol–water partition coefficient (Wildman–Crippen LogP) is 5.81. The second kappa shape index (κ2) is 15.1. The van der Waals surface area contributed by atoms with Crippen molar-refractivity contribution in [2.75, 3.05) is 12.8 Å². The number of nitrogens with zero attached hydrogens (tertiary/aromatic N) is 3. The molecule has 3 aromatic rings. The Morgan fingerprint density at radius 2 is 1.80 bits per heavy atom. The monoisotopic (exact) mass is 599 g/mol. The van der Waals surface area contributed by atoms with Crippen LogP contribution in [0.3, 0.4) is 0 Å². The van der Waals surface area contributed by atoms with Gasteiger partial charge in [0.15, 0.2) is 6.10 Å². The summed E-state index contributed by atoms with van der Waals surface area (Å²) in [5, 5.41) is 7.92. The Morgan fingerprint density at radius 3 is 2.39 bits per heavy atom. The molecule has 3 rings (SSSR count). The minimum absolute atomic E-state index is 0.0631. The van der Waals surface area contributed by atoms with E-state index in [0.717, 1.165) is 17.0 Å². The largest absolute Gasteiger partial charge is 0.455 e. The third-order valence-electron chi connectivity index (χ3n) is 7.15. The number of benzene rings is 1. The standard InChI is InChI=1S/C30H41N5O4S2/c1-7-19(4)14-27(37)35(6)25(18(2)3)16-26(39-20(5)36)30-34-24(17-41-30)28(38)33-23(29-32-12-13-40-29)15-21-8-10-22(31)11-9-21/h8-13,17-19,23,25-26H,7,14-16,31H2,1-6H3,(H,33,38)/t19-,23-,25+,26+/m0/s1. The second-order valence-corrected chi connectivity index (χ2v) is 12.6. The summed E-state index contributed by atoms with van der Waals surface area (Å²) in [5.41, 5.74) is 7.76. The molecule has 0 aliphatic heterocycles. The van der Waals surface area contributed by atoms with Crippen LogP contribution in [0.15, 0.2) is 41.2 Å². The maximum atomic E-state index is 13.3. The lowest BCUT2D eigenvalue weighted by Gasteiger charge is -2.34. The number of thiazole rings is 2. The zero-order valence-corrected chi connectivity index (χ0v) is 26.3. The average Bonchev–Trinajstić information content (AvgIpc) is 3.64. The molecule has 9 nitrogen and oxygen atoms in total. The van der Waals surface area contributed by atoms with Crippen molar-refractivity contribution in [2.45, 2.75) is 78.5 Å². The highest BCUT2D eigenvalue weighted by Crippen LogP contribution is 2.31. The quantitative estimate of drug-likeness (QED) is 0.177. The first-order valence-corrected chi connectivity index (χ1v) is 15.7. The van der Waals surface area contributed by atoms with Crippen LogP contribution in [0.1, 0.15) is 92.1 Å². The van der Waals surface area contributed by atoms with E-state index in [-0.39, 0.29) is 41.4 Å². The summed E-state index contributed by atoms with van der Waals surface area (Å²) in [7, 11) is 1.81. The fourth-order valence-corrected chi connectivity index (χ4v) is 6.06. The zero-order chi connectivity index (χ0) is 30.1. The van der Waals surface area contributed by atoms with Crippen molar-refractivity contribution >= 4 is 46.1 Å². The topological polar surface area (TPSA) is 128 Å². The third-order valence-corrected chi connectivity index (χ3v) is 8.97. The summed E-state index contributed by atoms with van der Waals surface area (Å²) in [6, 6.07) is 7.00. The lowest BCUT2D eigenvalue weighted by atomic mass is 9.95. The molecule has 41 heavy (non-hydrogen) atoms. The molecule has 11 heteroatoms. The molecule has 0 saturated carbocycles. The minimum Gasteiger partial charge on any atom is -0.455 e. The maximum absolute atomic E-state index is 13.3. The number of nitrogens with two attached hydrogens (primary N) is 1. The van der Waals surface area contributed by atoms with E-state index < -0.39 is 12.1 Å². The molecule has 1 aromatic carbocycles. The van der Waals surface area contributed by atoms with Crippen molar-refractivity contribution in [3.05, 3.63) is 62.5 Å². The normalized spacial score (nSPS) is 14.2. The molecule has 0 aliphatic rings. The van der Waals surface area contributed by atoms with E-state index in [1.54, 1.807) is 23.5 Å². The highest BCUT2D eigenvalue weighted by atomic mass is 32.1. The van der Waals surface area contributed by atoms with E-state index in [0.29, 0.717) is 30.0 Å². The van der Waals surface area contributed by atoms with Gasteiger partial charge < -0.3 is 20.7 Å². The molecule has 0 saturated heterocycles. The Morgan fingerprint density at radius 1 is 1.10 bits per heavy atom. The van der Waals surface area contributed by atoms with E-state index in [4.69, 9.17) is 10.5 Å². The van der Waals surface area contributed by atoms with Gasteiger partial charge in [-0.1, -0.05) is 46.2 Å². The Kier molecular flexibility index (Phi) is 11.8. The average molecular weight is 600 g/mol. The van der Waals surface area contributed by atoms with Crippen LogP contribution in [-0.4, -0.2) is 45.7 Å². The number of ether oxygens (including phenoxy) is 1. The molecule has 0 radical (unpaired) electrons. The Bertz CT molecular complexity index is 1280. The molecular weight excluding hydrogens is 558 g/mol. The van der Waals surface area contributed by atoms with E-state index >= 15 is 0 Å². The molecule has 3 N–H and O–H groups in total. The van der Waals surface area contributed by atoms with Gasteiger partial charge in [-0.3, -0.25) is 14.4 Å². The van der Waals surface area contributed by atoms with Crippen molar-refractivity contribution in [2.24, 2.45) is 11.8 Å². The number of anilines is 1. The number of nitrogens with one attached hydrogen (secondary N) is 1. The van der Waals surface area contributed by atoms with Gasteiger partial charge in [-0.15, -0.1) is 22.7 Å². The molecule has 0 bridgehead atoms. The van der Waals surface area contributed by atoms with Crippen molar-refractivity contribution in [3.63, 3.8) is 0 Å². The van der Waals surface area contributed by atoms with Crippen molar-refractivity contribution < 1.29 is 19.1 Å². The molecular formula is C30H41N5O4S2. The molecule has 2 amide bonds. The third kappa shape index (κ3) is 9.36. The number of carbonyl (C=O) groups is 3. The zero-order valence-electron chi connectivity index (χ0n) is 24.6. The van der Waals surface area contributed by atoms with Crippen LogP contribution < -0.4 is 11.1 Å². The summed E-state index contributed by atoms with van der Waals surface area (Å²) in [4.78, 5) is 49.2. The molecule has 2 heterocycles. The molecule has 0 spiro atoms. The first-order chi connectivity index (χ1) is 19.5. The first-order valence-electron chi connectivity index (χ1n) is 13.9. The number of carbonyl (C=O) groups excluding carboxylic acids is 3. The van der Waals surface area contributed by atoms with Crippen LogP contribution in [0.5, 0.6) is 0 Å². The molecule has 0 unspecified atom stereocenters. The summed E-state index contributed by atoms with van der Waals surface area (Å²) in [6.07, 6.45) is 3.34. The lowest BCUT2D eigenvalue weighted by Crippen LogP contribution is -2.42. The Balaban J connectivity index is 1.78. The number of hydrogen-bond acceptors (Lipinski definition) is 9. The van der Waals surface area contributed by atoms with E-state index in [1.807, 2.05) is 43.5 Å². The number of nitrogen functional groups attached to an aromatic ring is 1.